The Morgan fingerprint density at radius 1 is 1.57 bits per heavy atom. The second kappa shape index (κ2) is 3.52. The molecule has 0 unspecified atom stereocenters. The predicted molar refractivity (Wildman–Crippen MR) is 40.5 cm³/mol. The highest BCUT2D eigenvalue weighted by atomic mass is 19.3. The molecule has 1 aromatic rings. The van der Waals surface area contributed by atoms with E-state index in [1.165, 1.54) is 0 Å². The summed E-state index contributed by atoms with van der Waals surface area (Å²) in [6, 6.07) is 0. The van der Waals surface area contributed by atoms with Crippen LogP contribution in [0.25, 0.3) is 0 Å². The number of carbonyl (C=O) groups is 1. The highest BCUT2D eigenvalue weighted by Gasteiger charge is 2.23. The standard InChI is InChI=1S/C7H5F3N2O2/c8-4-3(7(13)14)2(11)1-12-5(4)6(9)10/h1,6H,11H2,(H,13,14). The van der Waals surface area contributed by atoms with Crippen molar-refractivity contribution in [2.45, 2.75) is 6.43 Å². The van der Waals surface area contributed by atoms with Gasteiger partial charge >= 0.3 is 5.97 Å². The van der Waals surface area contributed by atoms with Crippen molar-refractivity contribution in [2.75, 3.05) is 5.73 Å². The van der Waals surface area contributed by atoms with Gasteiger partial charge in [-0.3, -0.25) is 0 Å². The summed E-state index contributed by atoms with van der Waals surface area (Å²) >= 11 is 0. The number of hydrogen-bond acceptors (Lipinski definition) is 3. The first kappa shape index (κ1) is 10.3. The number of aromatic carboxylic acids is 1. The van der Waals surface area contributed by atoms with Crippen molar-refractivity contribution in [3.63, 3.8) is 0 Å². The van der Waals surface area contributed by atoms with Crippen LogP contribution in [0.5, 0.6) is 0 Å². The zero-order chi connectivity index (χ0) is 10.9. The molecule has 14 heavy (non-hydrogen) atoms. The molecule has 0 atom stereocenters. The largest absolute Gasteiger partial charge is 0.478 e. The highest BCUT2D eigenvalue weighted by molar-refractivity contribution is 5.93. The number of rotatable bonds is 2. The highest BCUT2D eigenvalue weighted by Crippen LogP contribution is 2.24. The van der Waals surface area contributed by atoms with Crippen molar-refractivity contribution in [1.82, 2.24) is 4.98 Å². The van der Waals surface area contributed by atoms with Gasteiger partial charge in [0.05, 0.1) is 11.9 Å². The van der Waals surface area contributed by atoms with Crippen molar-refractivity contribution in [3.8, 4) is 0 Å². The molecule has 0 spiro atoms. The average molecular weight is 206 g/mol. The minimum atomic E-state index is -3.17. The Kier molecular flexibility index (Phi) is 2.59. The Hall–Kier alpha value is -1.79. The van der Waals surface area contributed by atoms with E-state index in [1.54, 1.807) is 0 Å². The number of alkyl halides is 2. The lowest BCUT2D eigenvalue weighted by molar-refractivity contribution is 0.0691. The van der Waals surface area contributed by atoms with Gasteiger partial charge in [-0.1, -0.05) is 0 Å². The number of carboxylic acids is 1. The fourth-order valence-corrected chi connectivity index (χ4v) is 0.885. The van der Waals surface area contributed by atoms with Crippen LogP contribution in [0.3, 0.4) is 0 Å². The number of nitrogen functional groups attached to an aromatic ring is 1. The summed E-state index contributed by atoms with van der Waals surface area (Å²) in [4.78, 5) is 13.4. The molecule has 1 aromatic heterocycles. The summed E-state index contributed by atoms with van der Waals surface area (Å²) in [5.74, 6) is -3.29. The summed E-state index contributed by atoms with van der Waals surface area (Å²) in [5, 5.41) is 8.46. The van der Waals surface area contributed by atoms with Gasteiger partial charge in [0.15, 0.2) is 5.82 Å². The molecular formula is C7H5F3N2O2. The third kappa shape index (κ3) is 1.61. The van der Waals surface area contributed by atoms with Gasteiger partial charge < -0.3 is 10.8 Å². The van der Waals surface area contributed by atoms with E-state index < -0.39 is 35.2 Å². The monoisotopic (exact) mass is 206 g/mol. The second-order valence-electron chi connectivity index (χ2n) is 2.39. The maximum Gasteiger partial charge on any atom is 0.340 e. The van der Waals surface area contributed by atoms with Crippen LogP contribution < -0.4 is 5.73 Å². The normalized spacial score (nSPS) is 10.6. The Morgan fingerprint density at radius 3 is 2.57 bits per heavy atom. The molecule has 4 nitrogen and oxygen atoms in total. The third-order valence-corrected chi connectivity index (χ3v) is 1.50. The Balaban J connectivity index is 3.41. The first-order valence-corrected chi connectivity index (χ1v) is 3.40. The molecule has 1 rings (SSSR count). The quantitative estimate of drug-likeness (QED) is 0.767. The third-order valence-electron chi connectivity index (χ3n) is 1.50. The van der Waals surface area contributed by atoms with Gasteiger partial charge in [0, 0.05) is 0 Å². The Labute approximate surface area is 76.2 Å². The van der Waals surface area contributed by atoms with Crippen LogP contribution in [0.4, 0.5) is 18.9 Å². The predicted octanol–water partition coefficient (Wildman–Crippen LogP) is 1.44. The van der Waals surface area contributed by atoms with Crippen LogP contribution >= 0.6 is 0 Å². The lowest BCUT2D eigenvalue weighted by atomic mass is 10.2. The van der Waals surface area contributed by atoms with E-state index in [4.69, 9.17) is 10.8 Å². The van der Waals surface area contributed by atoms with Gasteiger partial charge in [0.25, 0.3) is 6.43 Å². The van der Waals surface area contributed by atoms with Gasteiger partial charge in [-0.05, 0) is 0 Å². The number of hydrogen-bond donors (Lipinski definition) is 2. The molecule has 0 bridgehead atoms. The smallest absolute Gasteiger partial charge is 0.340 e. The lowest BCUT2D eigenvalue weighted by Gasteiger charge is -2.05. The molecule has 76 valence electrons. The minimum absolute atomic E-state index is 0.487. The molecule has 0 aliphatic rings. The second-order valence-corrected chi connectivity index (χ2v) is 2.39. The maximum atomic E-state index is 13.0. The van der Waals surface area contributed by atoms with Crippen LogP contribution in [-0.4, -0.2) is 16.1 Å². The van der Waals surface area contributed by atoms with Crippen molar-refractivity contribution in [2.24, 2.45) is 0 Å². The van der Waals surface area contributed by atoms with Crippen LogP contribution in [0, 0.1) is 5.82 Å². The molecule has 0 fully saturated rings. The molecule has 7 heteroatoms. The van der Waals surface area contributed by atoms with Crippen molar-refractivity contribution in [1.29, 1.82) is 0 Å². The van der Waals surface area contributed by atoms with Crippen LogP contribution in [0.1, 0.15) is 22.5 Å². The molecule has 0 saturated carbocycles. The van der Waals surface area contributed by atoms with E-state index in [-0.39, 0.29) is 0 Å². The van der Waals surface area contributed by atoms with Crippen molar-refractivity contribution < 1.29 is 23.1 Å². The average Bonchev–Trinajstić information content (AvgIpc) is 2.02. The van der Waals surface area contributed by atoms with Crippen LogP contribution in [0.15, 0.2) is 6.20 Å². The Morgan fingerprint density at radius 2 is 2.14 bits per heavy atom. The maximum absolute atomic E-state index is 13.0. The number of pyridine rings is 1. The first-order valence-electron chi connectivity index (χ1n) is 3.40. The van der Waals surface area contributed by atoms with E-state index >= 15 is 0 Å². The van der Waals surface area contributed by atoms with Gasteiger partial charge in [-0.25, -0.2) is 22.9 Å². The summed E-state index contributed by atoms with van der Waals surface area (Å²) in [6.07, 6.45) is -2.48. The number of nitrogens with zero attached hydrogens (tertiary/aromatic N) is 1. The number of anilines is 1. The number of nitrogens with two attached hydrogens (primary N) is 1. The summed E-state index contributed by atoms with van der Waals surface area (Å²) in [5.41, 5.74) is 2.39. The zero-order valence-electron chi connectivity index (χ0n) is 6.67. The molecule has 0 aliphatic carbocycles. The Bertz CT molecular complexity index is 381. The van der Waals surface area contributed by atoms with Crippen molar-refractivity contribution >= 4 is 11.7 Å². The molecule has 0 radical (unpaired) electrons. The molecule has 0 aliphatic heterocycles. The molecule has 0 aromatic carbocycles. The van der Waals surface area contributed by atoms with Crippen LogP contribution in [-0.2, 0) is 0 Å². The molecule has 0 saturated heterocycles. The topological polar surface area (TPSA) is 76.2 Å². The van der Waals surface area contributed by atoms with E-state index in [0.717, 1.165) is 0 Å². The van der Waals surface area contributed by atoms with Gasteiger partial charge in [-0.2, -0.15) is 0 Å². The van der Waals surface area contributed by atoms with E-state index in [1.807, 2.05) is 0 Å². The number of carboxylic acid groups (broad SMARTS) is 1. The van der Waals surface area contributed by atoms with E-state index in [9.17, 15) is 18.0 Å². The van der Waals surface area contributed by atoms with Crippen molar-refractivity contribution in [3.05, 3.63) is 23.3 Å². The van der Waals surface area contributed by atoms with Gasteiger partial charge in [0.1, 0.15) is 11.3 Å². The van der Waals surface area contributed by atoms with Crippen LogP contribution in [0.2, 0.25) is 0 Å². The van der Waals surface area contributed by atoms with E-state index in [0.29, 0.717) is 6.20 Å². The summed E-state index contributed by atoms with van der Waals surface area (Å²) in [6.45, 7) is 0. The fourth-order valence-electron chi connectivity index (χ4n) is 0.885. The molecule has 0 amide bonds. The summed E-state index contributed by atoms with van der Waals surface area (Å²) < 4.78 is 37.2. The minimum Gasteiger partial charge on any atom is -0.478 e. The van der Waals surface area contributed by atoms with Gasteiger partial charge in [0.2, 0.25) is 0 Å². The molecule has 3 N–H and O–H groups in total. The zero-order valence-corrected chi connectivity index (χ0v) is 6.67. The number of halogens is 3. The summed E-state index contributed by atoms with van der Waals surface area (Å²) in [7, 11) is 0. The molecule has 1 heterocycles. The van der Waals surface area contributed by atoms with E-state index in [2.05, 4.69) is 4.98 Å². The van der Waals surface area contributed by atoms with Gasteiger partial charge in [-0.15, -0.1) is 0 Å². The SMILES string of the molecule is Nc1cnc(C(F)F)c(F)c1C(=O)O. The lowest BCUT2D eigenvalue weighted by Crippen LogP contribution is -2.10. The fraction of sp³-hybridized carbons (Fsp3) is 0.143. The molecular weight excluding hydrogens is 201 g/mol. The number of aromatic nitrogens is 1. The first-order chi connectivity index (χ1) is 6.45.